The molecule has 0 heterocycles. The first-order chi connectivity index (χ1) is 7.14. The number of hydrogen-bond acceptors (Lipinski definition) is 0. The summed E-state index contributed by atoms with van der Waals surface area (Å²) in [6.45, 7) is 18.4. The van der Waals surface area contributed by atoms with Gasteiger partial charge in [0.2, 0.25) is 0 Å². The molecule has 16 heavy (non-hydrogen) atoms. The summed E-state index contributed by atoms with van der Waals surface area (Å²) in [6.07, 6.45) is 6.28. The molecule has 94 valence electrons. The molecule has 2 atom stereocenters. The van der Waals surface area contributed by atoms with E-state index in [2.05, 4.69) is 54.2 Å². The van der Waals surface area contributed by atoms with Crippen LogP contribution >= 0.6 is 0 Å². The van der Waals surface area contributed by atoms with Crippen LogP contribution in [0.15, 0.2) is 12.7 Å². The molecule has 1 saturated carbocycles. The van der Waals surface area contributed by atoms with Crippen LogP contribution in [0.5, 0.6) is 0 Å². The van der Waals surface area contributed by atoms with Crippen molar-refractivity contribution in [2.24, 2.45) is 28.6 Å². The number of allylic oxidation sites excluding steroid dienone is 1. The van der Waals surface area contributed by atoms with Gasteiger partial charge in [0.15, 0.2) is 0 Å². The van der Waals surface area contributed by atoms with E-state index in [0.29, 0.717) is 10.8 Å². The first-order valence-corrected chi connectivity index (χ1v) is 6.77. The Morgan fingerprint density at radius 2 is 1.19 bits per heavy atom. The Hall–Kier alpha value is -0.260. The van der Waals surface area contributed by atoms with Gasteiger partial charge in [0.25, 0.3) is 0 Å². The summed E-state index contributed by atoms with van der Waals surface area (Å²) in [4.78, 5) is 0. The molecular formula is C16H30. The van der Waals surface area contributed by atoms with Gasteiger partial charge in [-0.05, 0) is 47.8 Å². The predicted molar refractivity (Wildman–Crippen MR) is 73.4 cm³/mol. The van der Waals surface area contributed by atoms with Crippen molar-refractivity contribution in [3.8, 4) is 0 Å². The standard InChI is InChI=1S/C16H30/c1-8-12-9-13(15(2,3)4)11-14(10-12)16(5,6)7/h8,12-14H,1,9-11H2,2-7H3. The van der Waals surface area contributed by atoms with Crippen LogP contribution < -0.4 is 0 Å². The second-order valence-corrected chi connectivity index (χ2v) is 7.83. The van der Waals surface area contributed by atoms with Crippen molar-refractivity contribution < 1.29 is 0 Å². The highest BCUT2D eigenvalue weighted by atomic mass is 14.4. The molecule has 0 bridgehead atoms. The second kappa shape index (κ2) is 4.55. The number of rotatable bonds is 1. The fourth-order valence-corrected chi connectivity index (χ4v) is 2.97. The molecule has 0 aromatic carbocycles. The molecule has 0 aromatic rings. The molecule has 0 radical (unpaired) electrons. The van der Waals surface area contributed by atoms with E-state index in [1.54, 1.807) is 0 Å². The van der Waals surface area contributed by atoms with Crippen molar-refractivity contribution in [2.75, 3.05) is 0 Å². The van der Waals surface area contributed by atoms with Crippen LogP contribution in [0.4, 0.5) is 0 Å². The van der Waals surface area contributed by atoms with Crippen molar-refractivity contribution in [2.45, 2.75) is 60.8 Å². The van der Waals surface area contributed by atoms with Gasteiger partial charge in [-0.25, -0.2) is 0 Å². The van der Waals surface area contributed by atoms with Crippen LogP contribution in [0, 0.1) is 28.6 Å². The highest BCUT2D eigenvalue weighted by Crippen LogP contribution is 2.48. The predicted octanol–water partition coefficient (Wildman–Crippen LogP) is 5.30. The van der Waals surface area contributed by atoms with Gasteiger partial charge in [-0.2, -0.15) is 0 Å². The Bertz CT molecular complexity index is 214. The Morgan fingerprint density at radius 1 is 0.812 bits per heavy atom. The topological polar surface area (TPSA) is 0 Å². The van der Waals surface area contributed by atoms with E-state index < -0.39 is 0 Å². The normalized spacial score (nSPS) is 32.5. The largest absolute Gasteiger partial charge is 0.103 e. The van der Waals surface area contributed by atoms with Crippen molar-refractivity contribution >= 4 is 0 Å². The lowest BCUT2D eigenvalue weighted by Crippen LogP contribution is -2.35. The Morgan fingerprint density at radius 3 is 1.44 bits per heavy atom. The monoisotopic (exact) mass is 222 g/mol. The summed E-state index contributed by atoms with van der Waals surface area (Å²) >= 11 is 0. The van der Waals surface area contributed by atoms with Crippen LogP contribution in [0.1, 0.15) is 60.8 Å². The molecule has 1 fully saturated rings. The maximum absolute atomic E-state index is 4.02. The highest BCUT2D eigenvalue weighted by molar-refractivity contribution is 4.94. The Labute approximate surface area is 103 Å². The maximum atomic E-state index is 4.02. The average Bonchev–Trinajstić information content (AvgIpc) is 2.14. The van der Waals surface area contributed by atoms with Gasteiger partial charge in [-0.15, -0.1) is 6.58 Å². The van der Waals surface area contributed by atoms with Gasteiger partial charge in [-0.3, -0.25) is 0 Å². The van der Waals surface area contributed by atoms with E-state index in [9.17, 15) is 0 Å². The highest BCUT2D eigenvalue weighted by Gasteiger charge is 2.38. The van der Waals surface area contributed by atoms with Crippen LogP contribution in [-0.2, 0) is 0 Å². The minimum absolute atomic E-state index is 0.450. The van der Waals surface area contributed by atoms with Gasteiger partial charge < -0.3 is 0 Å². The lowest BCUT2D eigenvalue weighted by molar-refractivity contribution is 0.0627. The first-order valence-electron chi connectivity index (χ1n) is 6.77. The second-order valence-electron chi connectivity index (χ2n) is 7.83. The third kappa shape index (κ3) is 3.37. The molecule has 0 aromatic heterocycles. The smallest absolute Gasteiger partial charge is 0.0231 e. The summed E-state index contributed by atoms with van der Waals surface area (Å²) < 4.78 is 0. The van der Waals surface area contributed by atoms with Crippen LogP contribution in [0.2, 0.25) is 0 Å². The molecule has 0 amide bonds. The summed E-state index contributed by atoms with van der Waals surface area (Å²) in [5, 5.41) is 0. The molecule has 0 spiro atoms. The zero-order valence-electron chi connectivity index (χ0n) is 12.1. The van der Waals surface area contributed by atoms with E-state index in [0.717, 1.165) is 17.8 Å². The third-order valence-electron chi connectivity index (χ3n) is 4.53. The van der Waals surface area contributed by atoms with Crippen molar-refractivity contribution in [3.63, 3.8) is 0 Å². The zero-order valence-corrected chi connectivity index (χ0v) is 12.1. The van der Waals surface area contributed by atoms with E-state index in [-0.39, 0.29) is 0 Å². The number of hydrogen-bond donors (Lipinski definition) is 0. The Balaban J connectivity index is 2.81. The SMILES string of the molecule is C=CC1CC(C(C)(C)C)CC(C(C)(C)C)C1. The lowest BCUT2D eigenvalue weighted by atomic mass is 9.60. The molecule has 0 saturated heterocycles. The molecule has 1 aliphatic carbocycles. The van der Waals surface area contributed by atoms with Crippen molar-refractivity contribution in [3.05, 3.63) is 12.7 Å². The molecule has 0 heteroatoms. The molecule has 0 nitrogen and oxygen atoms in total. The van der Waals surface area contributed by atoms with E-state index >= 15 is 0 Å². The summed E-state index contributed by atoms with van der Waals surface area (Å²) in [5.74, 6) is 2.45. The molecule has 0 aliphatic heterocycles. The summed E-state index contributed by atoms with van der Waals surface area (Å²) in [6, 6.07) is 0. The summed E-state index contributed by atoms with van der Waals surface area (Å²) in [5.41, 5.74) is 0.899. The van der Waals surface area contributed by atoms with E-state index in [1.807, 2.05) is 0 Å². The minimum atomic E-state index is 0.450. The third-order valence-corrected chi connectivity index (χ3v) is 4.53. The van der Waals surface area contributed by atoms with Crippen molar-refractivity contribution in [1.29, 1.82) is 0 Å². The van der Waals surface area contributed by atoms with E-state index in [1.165, 1.54) is 19.3 Å². The fourth-order valence-electron chi connectivity index (χ4n) is 2.97. The minimum Gasteiger partial charge on any atom is -0.103 e. The van der Waals surface area contributed by atoms with Crippen LogP contribution in [0.3, 0.4) is 0 Å². The lowest BCUT2D eigenvalue weighted by Gasteiger charge is -2.45. The van der Waals surface area contributed by atoms with Gasteiger partial charge >= 0.3 is 0 Å². The van der Waals surface area contributed by atoms with Gasteiger partial charge in [0, 0.05) is 0 Å². The van der Waals surface area contributed by atoms with Crippen molar-refractivity contribution in [1.82, 2.24) is 0 Å². The molecule has 2 unspecified atom stereocenters. The quantitative estimate of drug-likeness (QED) is 0.528. The van der Waals surface area contributed by atoms with Crippen LogP contribution in [0.25, 0.3) is 0 Å². The summed E-state index contributed by atoms with van der Waals surface area (Å²) in [7, 11) is 0. The molecule has 1 rings (SSSR count). The Kier molecular flexibility index (Phi) is 3.92. The average molecular weight is 222 g/mol. The molecule has 1 aliphatic rings. The van der Waals surface area contributed by atoms with Gasteiger partial charge in [0.05, 0.1) is 0 Å². The molecular weight excluding hydrogens is 192 g/mol. The fraction of sp³-hybridized carbons (Fsp3) is 0.875. The van der Waals surface area contributed by atoms with Gasteiger partial charge in [0.1, 0.15) is 0 Å². The molecule has 0 N–H and O–H groups in total. The first kappa shape index (κ1) is 13.8. The van der Waals surface area contributed by atoms with E-state index in [4.69, 9.17) is 0 Å². The zero-order chi connectivity index (χ0) is 12.6. The maximum Gasteiger partial charge on any atom is -0.0231 e. The van der Waals surface area contributed by atoms with Crippen LogP contribution in [-0.4, -0.2) is 0 Å². The van der Waals surface area contributed by atoms with Gasteiger partial charge in [-0.1, -0.05) is 47.6 Å².